The van der Waals surface area contributed by atoms with Crippen molar-refractivity contribution < 1.29 is 163 Å². The highest BCUT2D eigenvalue weighted by atomic mass is 16.8. The zero-order valence-electron chi connectivity index (χ0n) is 39.6. The van der Waals surface area contributed by atoms with Crippen LogP contribution >= 0.6 is 0 Å². The average molecular weight is 1090 g/mol. The third-order valence-electron chi connectivity index (χ3n) is 13.8. The van der Waals surface area contributed by atoms with Crippen molar-refractivity contribution >= 4 is 0 Å². The Kier molecular flexibility index (Phi) is 21.4. The Morgan fingerprint density at radius 2 is 0.581 bits per heavy atom. The van der Waals surface area contributed by atoms with Gasteiger partial charge in [0.15, 0.2) is 44.0 Å². The molecule has 0 radical (unpaired) electrons. The van der Waals surface area contributed by atoms with Gasteiger partial charge in [0.1, 0.15) is 153 Å². The molecule has 7 aliphatic rings. The second kappa shape index (κ2) is 26.3. The van der Waals surface area contributed by atoms with Crippen LogP contribution in [-0.2, 0) is 71.1 Å². The lowest BCUT2D eigenvalue weighted by atomic mass is 9.95. The molecule has 0 aromatic rings. The van der Waals surface area contributed by atoms with E-state index in [1.807, 2.05) is 0 Å². The van der Waals surface area contributed by atoms with Crippen molar-refractivity contribution in [3.05, 3.63) is 0 Å². The zero-order valence-corrected chi connectivity index (χ0v) is 39.6. The summed E-state index contributed by atoms with van der Waals surface area (Å²) in [7, 11) is 2.29. The fourth-order valence-electron chi connectivity index (χ4n) is 9.31. The van der Waals surface area contributed by atoms with E-state index < -0.39 is 243 Å². The molecule has 0 aromatic heterocycles. The SMILES string of the molecule is CO[C@@H]1OC(CO[C@H]2OC[C@@H](O)[C@@H](O)C2O)[C@@H](O[C@@H]2O[C@@H](CO[C@H]3OC[C@@H](O)C(O)C3O)[C@@H](O[C@@H]3OC(CO[C@H]4OC[C@@H](O)[C@@H](O)C4O)[C@@H](O[C@@H]4O[C@@H](CO)[C@@H](OC)C(O)C4O)[C@H](O)C3O)C(O)C2O)[C@H](O)C1O. The summed E-state index contributed by atoms with van der Waals surface area (Å²) in [6.07, 6.45) is -57.5. The van der Waals surface area contributed by atoms with E-state index >= 15 is 0 Å². The molecule has 0 aliphatic carbocycles. The van der Waals surface area contributed by atoms with Crippen molar-refractivity contribution in [3.8, 4) is 0 Å². The molecule has 0 saturated carbocycles. The summed E-state index contributed by atoms with van der Waals surface area (Å²) >= 11 is 0. The highest BCUT2D eigenvalue weighted by molar-refractivity contribution is 4.99. The molecule has 0 amide bonds. The first kappa shape index (κ1) is 60.3. The van der Waals surface area contributed by atoms with Crippen molar-refractivity contribution in [2.24, 2.45) is 0 Å². The number of ether oxygens (including phenoxy) is 15. The van der Waals surface area contributed by atoms with E-state index in [9.17, 15) is 91.9 Å². The van der Waals surface area contributed by atoms with E-state index in [2.05, 4.69) is 0 Å². The molecule has 0 spiro atoms. The van der Waals surface area contributed by atoms with Gasteiger partial charge in [-0.15, -0.1) is 0 Å². The molecule has 7 saturated heterocycles. The van der Waals surface area contributed by atoms with E-state index in [1.54, 1.807) is 0 Å². The van der Waals surface area contributed by atoms with Crippen molar-refractivity contribution in [2.45, 2.75) is 197 Å². The van der Waals surface area contributed by atoms with Gasteiger partial charge < -0.3 is 163 Å². The average Bonchev–Trinajstić information content (AvgIpc) is 3.38. The van der Waals surface area contributed by atoms with Gasteiger partial charge in [-0.3, -0.25) is 0 Å². The van der Waals surface area contributed by atoms with E-state index in [4.69, 9.17) is 71.1 Å². The van der Waals surface area contributed by atoms with E-state index in [1.165, 1.54) is 7.11 Å². The molecule has 33 nitrogen and oxygen atoms in total. The van der Waals surface area contributed by atoms with Crippen LogP contribution in [0.1, 0.15) is 0 Å². The summed E-state index contributed by atoms with van der Waals surface area (Å²) in [6, 6.07) is 0. The lowest BCUT2D eigenvalue weighted by molar-refractivity contribution is -0.394. The van der Waals surface area contributed by atoms with Crippen LogP contribution < -0.4 is 0 Å². The monoisotopic (exact) mass is 1090 g/mol. The second-order valence-electron chi connectivity index (χ2n) is 18.8. The lowest BCUT2D eigenvalue weighted by Crippen LogP contribution is -2.68. The van der Waals surface area contributed by atoms with Crippen LogP contribution in [0.5, 0.6) is 0 Å². The first-order chi connectivity index (χ1) is 35.1. The Morgan fingerprint density at radius 3 is 0.878 bits per heavy atom. The van der Waals surface area contributed by atoms with Gasteiger partial charge in [0.25, 0.3) is 0 Å². The van der Waals surface area contributed by atoms with E-state index in [0.29, 0.717) is 0 Å². The van der Waals surface area contributed by atoms with Crippen LogP contribution in [0.4, 0.5) is 0 Å². The smallest absolute Gasteiger partial charge is 0.187 e. The normalized spacial score (nSPS) is 52.7. The van der Waals surface area contributed by atoms with Gasteiger partial charge in [0, 0.05) is 14.2 Å². The highest BCUT2D eigenvalue weighted by Gasteiger charge is 2.57. The number of rotatable bonds is 18. The maximum Gasteiger partial charge on any atom is 0.187 e. The topological polar surface area (TPSA) is 503 Å². The van der Waals surface area contributed by atoms with Gasteiger partial charge in [-0.2, -0.15) is 0 Å². The number of hydrogen-bond acceptors (Lipinski definition) is 33. The fourth-order valence-corrected chi connectivity index (χ4v) is 9.31. The zero-order chi connectivity index (χ0) is 54.0. The predicted octanol–water partition coefficient (Wildman–Crippen LogP) is -13.1. The molecule has 0 aromatic carbocycles. The van der Waals surface area contributed by atoms with Crippen LogP contribution in [0.15, 0.2) is 0 Å². The van der Waals surface area contributed by atoms with Crippen molar-refractivity contribution in [1.29, 1.82) is 0 Å². The molecule has 7 rings (SSSR count). The number of hydrogen-bond donors (Lipinski definition) is 18. The molecule has 74 heavy (non-hydrogen) atoms. The van der Waals surface area contributed by atoms with Crippen molar-refractivity contribution in [3.63, 3.8) is 0 Å². The summed E-state index contributed by atoms with van der Waals surface area (Å²) < 4.78 is 84.4. The Balaban J connectivity index is 1.13. The molecule has 32 atom stereocenters. The van der Waals surface area contributed by atoms with Gasteiger partial charge in [-0.05, 0) is 0 Å². The standard InChI is InChI=1S/C41H70O33/c1-60-31-13(3-42)68-39(28(57)20(31)49)72-33-15(8-66-37-25(54)18(47)11(44)5-63-37)70-41(29(58)22(33)51)74-34-16(9-67-38-26(55)19(48)12(45)6-64-38)71-40(30(59)23(34)52)73-32-14(69-35(61-2)27(56)21(32)50)7-65-36-24(53)17(46)10(43)4-62-36/h10-59H,3-9H2,1-2H3/t10-,11-,12-,13+,14?,15?,16+,17-,18-,19?,20?,21-,22-,23?,24?,25?,26?,27?,28?,29?,30?,31-,32-,33-,34-,35-,36-,37-,38-,39+,40+,41+/m1/s1. The Hall–Kier alpha value is -1.32. The van der Waals surface area contributed by atoms with Crippen molar-refractivity contribution in [1.82, 2.24) is 0 Å². The molecule has 33 heteroatoms. The Bertz CT molecular complexity index is 1700. The number of aliphatic hydroxyl groups is 18. The minimum atomic E-state index is -2.24. The first-order valence-corrected chi connectivity index (χ1v) is 23.6. The van der Waals surface area contributed by atoms with Crippen LogP contribution in [0.2, 0.25) is 0 Å². The van der Waals surface area contributed by atoms with Crippen LogP contribution in [0, 0.1) is 0 Å². The summed E-state index contributed by atoms with van der Waals surface area (Å²) in [5.74, 6) is 0. The van der Waals surface area contributed by atoms with Gasteiger partial charge >= 0.3 is 0 Å². The van der Waals surface area contributed by atoms with Crippen LogP contribution in [0.25, 0.3) is 0 Å². The summed E-state index contributed by atoms with van der Waals surface area (Å²) in [5, 5.41) is 193. The van der Waals surface area contributed by atoms with Gasteiger partial charge in [-0.1, -0.05) is 0 Å². The number of aliphatic hydroxyl groups excluding tert-OH is 18. The highest BCUT2D eigenvalue weighted by Crippen LogP contribution is 2.36. The molecule has 18 N–H and O–H groups in total. The van der Waals surface area contributed by atoms with Crippen molar-refractivity contribution in [2.75, 3.05) is 60.5 Å². The third-order valence-corrected chi connectivity index (χ3v) is 13.8. The molecule has 7 heterocycles. The molecule has 0 bridgehead atoms. The molecule has 7 fully saturated rings. The first-order valence-electron chi connectivity index (χ1n) is 23.6. The van der Waals surface area contributed by atoms with E-state index in [-0.39, 0.29) is 0 Å². The minimum Gasteiger partial charge on any atom is -0.394 e. The summed E-state index contributed by atoms with van der Waals surface area (Å²) in [6.45, 7) is -4.61. The predicted molar refractivity (Wildman–Crippen MR) is 223 cm³/mol. The van der Waals surface area contributed by atoms with Gasteiger partial charge in [0.2, 0.25) is 0 Å². The minimum absolute atomic E-state index is 0.460. The lowest BCUT2D eigenvalue weighted by Gasteiger charge is -2.49. The molecule has 7 aliphatic heterocycles. The second-order valence-corrected chi connectivity index (χ2v) is 18.8. The third kappa shape index (κ3) is 13.0. The summed E-state index contributed by atoms with van der Waals surface area (Å²) in [5.41, 5.74) is 0. The maximum absolute atomic E-state index is 11.8. The Labute approximate surface area is 419 Å². The largest absolute Gasteiger partial charge is 0.394 e. The Morgan fingerprint density at radius 1 is 0.311 bits per heavy atom. The molecule has 432 valence electrons. The fraction of sp³-hybridized carbons (Fsp3) is 1.00. The number of methoxy groups -OCH3 is 2. The van der Waals surface area contributed by atoms with Crippen LogP contribution in [-0.4, -0.2) is 349 Å². The maximum atomic E-state index is 11.8. The van der Waals surface area contributed by atoms with Gasteiger partial charge in [0.05, 0.1) is 46.2 Å². The van der Waals surface area contributed by atoms with Crippen LogP contribution in [0.3, 0.4) is 0 Å². The van der Waals surface area contributed by atoms with Gasteiger partial charge in [-0.25, -0.2) is 0 Å². The molecular formula is C41H70O33. The summed E-state index contributed by atoms with van der Waals surface area (Å²) in [4.78, 5) is 0. The molecule has 12 unspecified atom stereocenters. The quantitative estimate of drug-likeness (QED) is 0.0606. The molecular weight excluding hydrogens is 1020 g/mol. The van der Waals surface area contributed by atoms with E-state index in [0.717, 1.165) is 7.11 Å².